The van der Waals surface area contributed by atoms with Gasteiger partial charge in [-0.15, -0.1) is 0 Å². The highest BCUT2D eigenvalue weighted by molar-refractivity contribution is 7.90. The molecular formula is C9H18N2O3S2. The Morgan fingerprint density at radius 1 is 1.44 bits per heavy atom. The van der Waals surface area contributed by atoms with Crippen molar-refractivity contribution in [3.05, 3.63) is 0 Å². The second-order valence-corrected chi connectivity index (χ2v) is 6.39. The zero-order chi connectivity index (χ0) is 12.0. The van der Waals surface area contributed by atoms with Gasteiger partial charge >= 0.3 is 0 Å². The smallest absolute Gasteiger partial charge is 0.214 e. The van der Waals surface area contributed by atoms with Gasteiger partial charge in [0.15, 0.2) is 0 Å². The van der Waals surface area contributed by atoms with Crippen molar-refractivity contribution in [1.82, 2.24) is 4.72 Å². The van der Waals surface area contributed by atoms with E-state index in [1.54, 1.807) is 0 Å². The molecule has 0 atom stereocenters. The first-order chi connectivity index (χ1) is 7.52. The lowest BCUT2D eigenvalue weighted by Gasteiger charge is -2.22. The maximum absolute atomic E-state index is 11.8. The number of hydrogen-bond acceptors (Lipinski definition) is 4. The van der Waals surface area contributed by atoms with E-state index in [9.17, 15) is 8.42 Å². The Bertz CT molecular complexity index is 324. The van der Waals surface area contributed by atoms with Crippen molar-refractivity contribution in [2.24, 2.45) is 5.73 Å². The van der Waals surface area contributed by atoms with E-state index in [0.717, 1.165) is 0 Å². The van der Waals surface area contributed by atoms with E-state index in [-0.39, 0.29) is 5.25 Å². The minimum Gasteiger partial charge on any atom is -0.393 e. The maximum atomic E-state index is 11.8. The van der Waals surface area contributed by atoms with E-state index in [1.165, 1.54) is 0 Å². The Balaban J connectivity index is 2.30. The molecule has 0 saturated carbocycles. The Kier molecular flexibility index (Phi) is 5.60. The predicted molar refractivity (Wildman–Crippen MR) is 66.8 cm³/mol. The fraction of sp³-hybridized carbons (Fsp3) is 0.889. The van der Waals surface area contributed by atoms with Crippen LogP contribution in [0.5, 0.6) is 0 Å². The minimum atomic E-state index is -3.20. The molecule has 1 aliphatic rings. The zero-order valence-corrected chi connectivity index (χ0v) is 10.8. The number of rotatable bonds is 6. The average Bonchev–Trinajstić information content (AvgIpc) is 2.26. The van der Waals surface area contributed by atoms with Crippen molar-refractivity contribution in [2.75, 3.05) is 19.8 Å². The van der Waals surface area contributed by atoms with Gasteiger partial charge in [0.25, 0.3) is 0 Å². The van der Waals surface area contributed by atoms with E-state index in [1.807, 2.05) is 0 Å². The Hall–Kier alpha value is -0.240. The summed E-state index contributed by atoms with van der Waals surface area (Å²) in [5, 5.41) is -0.314. The van der Waals surface area contributed by atoms with Gasteiger partial charge in [-0.25, -0.2) is 13.1 Å². The molecule has 1 rings (SSSR count). The third-order valence-electron chi connectivity index (χ3n) is 2.51. The molecular weight excluding hydrogens is 248 g/mol. The van der Waals surface area contributed by atoms with Gasteiger partial charge in [0.1, 0.15) is 0 Å². The van der Waals surface area contributed by atoms with Crippen LogP contribution in [0, 0.1) is 0 Å². The quantitative estimate of drug-likeness (QED) is 0.528. The number of sulfonamides is 1. The monoisotopic (exact) mass is 266 g/mol. The van der Waals surface area contributed by atoms with E-state index in [0.29, 0.717) is 50.4 Å². The van der Waals surface area contributed by atoms with Gasteiger partial charge in [0.2, 0.25) is 10.0 Å². The van der Waals surface area contributed by atoms with Gasteiger partial charge < -0.3 is 10.5 Å². The highest BCUT2D eigenvalue weighted by Crippen LogP contribution is 2.14. The van der Waals surface area contributed by atoms with Crippen LogP contribution < -0.4 is 10.5 Å². The van der Waals surface area contributed by atoms with Crippen molar-refractivity contribution in [2.45, 2.75) is 30.9 Å². The molecule has 0 amide bonds. The van der Waals surface area contributed by atoms with Crippen molar-refractivity contribution < 1.29 is 13.2 Å². The molecule has 0 spiro atoms. The number of thiocarbonyl (C=S) groups is 1. The molecule has 1 aliphatic heterocycles. The summed E-state index contributed by atoms with van der Waals surface area (Å²) in [5.41, 5.74) is 5.32. The zero-order valence-electron chi connectivity index (χ0n) is 9.15. The summed E-state index contributed by atoms with van der Waals surface area (Å²) in [6.07, 6.45) is 2.37. The summed E-state index contributed by atoms with van der Waals surface area (Å²) in [5.74, 6) is 0. The average molecular weight is 266 g/mol. The lowest BCUT2D eigenvalue weighted by molar-refractivity contribution is 0.0981. The summed E-state index contributed by atoms with van der Waals surface area (Å²) in [7, 11) is -3.20. The van der Waals surface area contributed by atoms with Crippen molar-refractivity contribution in [3.8, 4) is 0 Å². The van der Waals surface area contributed by atoms with Gasteiger partial charge in [-0.05, 0) is 25.7 Å². The van der Waals surface area contributed by atoms with E-state index in [4.69, 9.17) is 22.7 Å². The molecule has 1 saturated heterocycles. The summed E-state index contributed by atoms with van der Waals surface area (Å²) in [4.78, 5) is 0.422. The van der Waals surface area contributed by atoms with Crippen LogP contribution >= 0.6 is 12.2 Å². The van der Waals surface area contributed by atoms with E-state index < -0.39 is 10.0 Å². The highest BCUT2D eigenvalue weighted by Gasteiger charge is 2.26. The van der Waals surface area contributed by atoms with Crippen LogP contribution in [0.1, 0.15) is 25.7 Å². The van der Waals surface area contributed by atoms with E-state index >= 15 is 0 Å². The van der Waals surface area contributed by atoms with Crippen molar-refractivity contribution in [3.63, 3.8) is 0 Å². The Morgan fingerprint density at radius 3 is 2.62 bits per heavy atom. The molecule has 5 nitrogen and oxygen atoms in total. The van der Waals surface area contributed by atoms with Crippen LogP contribution in [0.3, 0.4) is 0 Å². The first kappa shape index (κ1) is 13.8. The second kappa shape index (κ2) is 6.48. The van der Waals surface area contributed by atoms with Crippen LogP contribution in [0.15, 0.2) is 0 Å². The molecule has 3 N–H and O–H groups in total. The fourth-order valence-electron chi connectivity index (χ4n) is 1.58. The molecule has 1 fully saturated rings. The summed E-state index contributed by atoms with van der Waals surface area (Å²) >= 11 is 4.71. The Labute approximate surface area is 102 Å². The molecule has 0 bridgehead atoms. The maximum Gasteiger partial charge on any atom is 0.214 e. The molecule has 1 heterocycles. The summed E-state index contributed by atoms with van der Waals surface area (Å²) in [6.45, 7) is 1.45. The van der Waals surface area contributed by atoms with Crippen LogP contribution in [0.2, 0.25) is 0 Å². The van der Waals surface area contributed by atoms with Gasteiger partial charge in [0.05, 0.1) is 10.2 Å². The molecule has 0 aromatic rings. The molecule has 0 aromatic carbocycles. The van der Waals surface area contributed by atoms with Crippen LogP contribution in [-0.2, 0) is 14.8 Å². The third-order valence-corrected chi connectivity index (χ3v) is 4.67. The number of hydrogen-bond donors (Lipinski definition) is 2. The summed E-state index contributed by atoms with van der Waals surface area (Å²) in [6, 6.07) is 0. The summed E-state index contributed by atoms with van der Waals surface area (Å²) < 4.78 is 31.3. The molecule has 0 aliphatic carbocycles. The Morgan fingerprint density at radius 2 is 2.06 bits per heavy atom. The van der Waals surface area contributed by atoms with Crippen molar-refractivity contribution in [1.29, 1.82) is 0 Å². The predicted octanol–water partition coefficient (Wildman–Crippen LogP) is 0.151. The SMILES string of the molecule is NC(=S)CCCNS(=O)(=O)C1CCOCC1. The number of nitrogens with one attached hydrogen (secondary N) is 1. The largest absolute Gasteiger partial charge is 0.393 e. The normalized spacial score (nSPS) is 18.5. The lowest BCUT2D eigenvalue weighted by atomic mass is 10.2. The number of nitrogens with two attached hydrogens (primary N) is 1. The van der Waals surface area contributed by atoms with Crippen molar-refractivity contribution >= 4 is 27.2 Å². The fourth-order valence-corrected chi connectivity index (χ4v) is 3.20. The van der Waals surface area contributed by atoms with Gasteiger partial charge in [-0.1, -0.05) is 12.2 Å². The molecule has 94 valence electrons. The number of ether oxygens (including phenoxy) is 1. The standard InChI is InChI=1S/C9H18N2O3S2/c10-9(15)2-1-5-11-16(12,13)8-3-6-14-7-4-8/h8,11H,1-7H2,(H2,10,15). The van der Waals surface area contributed by atoms with Crippen LogP contribution in [-0.4, -0.2) is 38.4 Å². The van der Waals surface area contributed by atoms with Gasteiger partial charge in [-0.3, -0.25) is 0 Å². The van der Waals surface area contributed by atoms with Crippen LogP contribution in [0.4, 0.5) is 0 Å². The van der Waals surface area contributed by atoms with Gasteiger partial charge in [0, 0.05) is 19.8 Å². The molecule has 0 unspecified atom stereocenters. The molecule has 7 heteroatoms. The minimum absolute atomic E-state index is 0.314. The second-order valence-electron chi connectivity index (χ2n) is 3.82. The van der Waals surface area contributed by atoms with E-state index in [2.05, 4.69) is 4.72 Å². The third kappa shape index (κ3) is 4.73. The highest BCUT2D eigenvalue weighted by atomic mass is 32.2. The lowest BCUT2D eigenvalue weighted by Crippen LogP contribution is -2.38. The first-order valence-electron chi connectivity index (χ1n) is 5.37. The van der Waals surface area contributed by atoms with Crippen LogP contribution in [0.25, 0.3) is 0 Å². The van der Waals surface area contributed by atoms with Gasteiger partial charge in [-0.2, -0.15) is 0 Å². The molecule has 0 aromatic heterocycles. The topological polar surface area (TPSA) is 81.4 Å². The molecule has 0 radical (unpaired) electrons. The first-order valence-corrected chi connectivity index (χ1v) is 7.32. The molecule has 16 heavy (non-hydrogen) atoms.